The number of hydrogen-bond donors (Lipinski definition) is 2. The molecule has 3 nitrogen and oxygen atoms in total. The monoisotopic (exact) mass is 234 g/mol. The molecule has 3 heteroatoms. The van der Waals surface area contributed by atoms with Crippen LogP contribution in [-0.2, 0) is 11.3 Å². The van der Waals surface area contributed by atoms with Crippen LogP contribution >= 0.6 is 0 Å². The number of nitrogens with two attached hydrogens (primary N) is 1. The van der Waals surface area contributed by atoms with Gasteiger partial charge in [0, 0.05) is 18.5 Å². The second-order valence-corrected chi connectivity index (χ2v) is 5.30. The lowest BCUT2D eigenvalue weighted by atomic mass is 9.99. The maximum Gasteiger partial charge on any atom is 0.219 e. The zero-order chi connectivity index (χ0) is 13.1. The summed E-state index contributed by atoms with van der Waals surface area (Å²) in [5.74, 6) is -0.275. The Morgan fingerprint density at radius 1 is 1.29 bits per heavy atom. The number of hydrogen-bond acceptors (Lipinski definition) is 2. The maximum atomic E-state index is 10.9. The molecular weight excluding hydrogens is 212 g/mol. The Hall–Kier alpha value is -1.35. The molecule has 3 N–H and O–H groups in total. The highest BCUT2D eigenvalue weighted by Crippen LogP contribution is 2.12. The highest BCUT2D eigenvalue weighted by Gasteiger charge is 2.19. The minimum atomic E-state index is -0.275. The Labute approximate surface area is 103 Å². The van der Waals surface area contributed by atoms with Crippen molar-refractivity contribution in [2.45, 2.75) is 46.2 Å². The third kappa shape index (κ3) is 4.57. The van der Waals surface area contributed by atoms with Crippen LogP contribution in [0.2, 0.25) is 0 Å². The van der Waals surface area contributed by atoms with Crippen LogP contribution in [0, 0.1) is 13.8 Å². The van der Waals surface area contributed by atoms with Crippen LogP contribution < -0.4 is 11.1 Å². The second-order valence-electron chi connectivity index (χ2n) is 5.30. The lowest BCUT2D eigenvalue weighted by molar-refractivity contribution is -0.119. The summed E-state index contributed by atoms with van der Waals surface area (Å²) >= 11 is 0. The van der Waals surface area contributed by atoms with Gasteiger partial charge < -0.3 is 11.1 Å². The van der Waals surface area contributed by atoms with Crippen LogP contribution in [0.4, 0.5) is 0 Å². The highest BCUT2D eigenvalue weighted by molar-refractivity contribution is 5.74. The molecular formula is C14H22N2O. The van der Waals surface area contributed by atoms with Gasteiger partial charge in [-0.25, -0.2) is 0 Å². The minimum Gasteiger partial charge on any atom is -0.370 e. The molecule has 1 aromatic rings. The van der Waals surface area contributed by atoms with E-state index in [1.165, 1.54) is 16.7 Å². The molecule has 0 spiro atoms. The number of benzene rings is 1. The van der Waals surface area contributed by atoms with Crippen molar-refractivity contribution in [1.82, 2.24) is 5.32 Å². The number of nitrogens with one attached hydrogen (secondary N) is 1. The smallest absolute Gasteiger partial charge is 0.219 e. The molecule has 94 valence electrons. The van der Waals surface area contributed by atoms with Crippen molar-refractivity contribution in [3.05, 3.63) is 34.9 Å². The summed E-state index contributed by atoms with van der Waals surface area (Å²) in [7, 11) is 0. The predicted octanol–water partition coefficient (Wildman–Crippen LogP) is 2.05. The van der Waals surface area contributed by atoms with E-state index in [9.17, 15) is 4.79 Å². The van der Waals surface area contributed by atoms with E-state index in [4.69, 9.17) is 5.73 Å². The molecule has 17 heavy (non-hydrogen) atoms. The Bertz CT molecular complexity index is 411. The van der Waals surface area contributed by atoms with Crippen LogP contribution in [0.15, 0.2) is 18.2 Å². The normalized spacial score (nSPS) is 11.5. The number of primary amides is 1. The van der Waals surface area contributed by atoms with Crippen molar-refractivity contribution < 1.29 is 4.79 Å². The zero-order valence-electron chi connectivity index (χ0n) is 11.1. The zero-order valence-corrected chi connectivity index (χ0v) is 11.1. The molecule has 0 aliphatic rings. The summed E-state index contributed by atoms with van der Waals surface area (Å²) in [6.07, 6.45) is 0.345. The molecule has 1 aromatic carbocycles. The summed E-state index contributed by atoms with van der Waals surface area (Å²) in [5.41, 5.74) is 8.77. The summed E-state index contributed by atoms with van der Waals surface area (Å²) in [6, 6.07) is 6.39. The first-order chi connectivity index (χ1) is 7.80. The van der Waals surface area contributed by atoms with Gasteiger partial charge >= 0.3 is 0 Å². The first-order valence-electron chi connectivity index (χ1n) is 5.90. The Balaban J connectivity index is 2.60. The topological polar surface area (TPSA) is 55.1 Å². The summed E-state index contributed by atoms with van der Waals surface area (Å²) < 4.78 is 0. The third-order valence-electron chi connectivity index (χ3n) is 2.96. The van der Waals surface area contributed by atoms with Gasteiger partial charge in [0.1, 0.15) is 0 Å². The van der Waals surface area contributed by atoms with E-state index in [-0.39, 0.29) is 11.4 Å². The van der Waals surface area contributed by atoms with E-state index in [1.807, 2.05) is 13.8 Å². The van der Waals surface area contributed by atoms with Gasteiger partial charge in [-0.05, 0) is 44.4 Å². The fraction of sp³-hybridized carbons (Fsp3) is 0.500. The summed E-state index contributed by atoms with van der Waals surface area (Å²) in [6.45, 7) is 8.93. The van der Waals surface area contributed by atoms with E-state index < -0.39 is 0 Å². The van der Waals surface area contributed by atoms with Crippen molar-refractivity contribution >= 4 is 5.91 Å². The number of carbonyl (C=O) groups is 1. The van der Waals surface area contributed by atoms with Crippen LogP contribution in [0.25, 0.3) is 0 Å². The van der Waals surface area contributed by atoms with E-state index >= 15 is 0 Å². The molecule has 0 saturated heterocycles. The van der Waals surface area contributed by atoms with Gasteiger partial charge in [0.2, 0.25) is 5.91 Å². The molecule has 1 rings (SSSR count). The molecule has 0 aromatic heterocycles. The minimum absolute atomic E-state index is 0.259. The van der Waals surface area contributed by atoms with Crippen molar-refractivity contribution in [2.24, 2.45) is 5.73 Å². The third-order valence-corrected chi connectivity index (χ3v) is 2.96. The van der Waals surface area contributed by atoms with E-state index in [0.29, 0.717) is 6.42 Å². The standard InChI is InChI=1S/C14H22N2O/c1-10-5-6-12(7-11(10)2)9-16-14(3,4)8-13(15)17/h5-7,16H,8-9H2,1-4H3,(H2,15,17). The second kappa shape index (κ2) is 5.32. The van der Waals surface area contributed by atoms with Crippen LogP contribution in [0.1, 0.15) is 37.0 Å². The maximum absolute atomic E-state index is 10.9. The van der Waals surface area contributed by atoms with Crippen molar-refractivity contribution in [1.29, 1.82) is 0 Å². The number of amides is 1. The van der Waals surface area contributed by atoms with Crippen LogP contribution in [-0.4, -0.2) is 11.4 Å². The van der Waals surface area contributed by atoms with Crippen LogP contribution in [0.5, 0.6) is 0 Å². The number of rotatable bonds is 5. The molecule has 0 heterocycles. The molecule has 0 fully saturated rings. The fourth-order valence-corrected chi connectivity index (χ4v) is 1.75. The molecule has 0 saturated carbocycles. The molecule has 0 unspecified atom stereocenters. The SMILES string of the molecule is Cc1ccc(CNC(C)(C)CC(N)=O)cc1C. The molecule has 0 aliphatic carbocycles. The number of aryl methyl sites for hydroxylation is 2. The van der Waals surface area contributed by atoms with Gasteiger partial charge in [0.25, 0.3) is 0 Å². The van der Waals surface area contributed by atoms with Gasteiger partial charge in [-0.15, -0.1) is 0 Å². The molecule has 0 bridgehead atoms. The largest absolute Gasteiger partial charge is 0.370 e. The first kappa shape index (κ1) is 13.7. The average Bonchev–Trinajstić information content (AvgIpc) is 2.18. The Kier molecular flexibility index (Phi) is 4.29. The first-order valence-corrected chi connectivity index (χ1v) is 5.90. The lowest BCUT2D eigenvalue weighted by Gasteiger charge is -2.25. The molecule has 0 radical (unpaired) electrons. The molecule has 0 atom stereocenters. The van der Waals surface area contributed by atoms with Crippen molar-refractivity contribution in [3.8, 4) is 0 Å². The predicted molar refractivity (Wildman–Crippen MR) is 70.6 cm³/mol. The van der Waals surface area contributed by atoms with Gasteiger partial charge in [-0.1, -0.05) is 18.2 Å². The fourth-order valence-electron chi connectivity index (χ4n) is 1.75. The van der Waals surface area contributed by atoms with Crippen molar-refractivity contribution in [2.75, 3.05) is 0 Å². The van der Waals surface area contributed by atoms with E-state index in [1.54, 1.807) is 0 Å². The summed E-state index contributed by atoms with van der Waals surface area (Å²) in [5, 5.41) is 3.35. The Morgan fingerprint density at radius 3 is 2.47 bits per heavy atom. The quantitative estimate of drug-likeness (QED) is 0.819. The van der Waals surface area contributed by atoms with Gasteiger partial charge in [0.15, 0.2) is 0 Å². The Morgan fingerprint density at radius 2 is 1.94 bits per heavy atom. The van der Waals surface area contributed by atoms with E-state index in [2.05, 4.69) is 37.4 Å². The van der Waals surface area contributed by atoms with E-state index in [0.717, 1.165) is 6.54 Å². The lowest BCUT2D eigenvalue weighted by Crippen LogP contribution is -2.42. The van der Waals surface area contributed by atoms with Gasteiger partial charge in [-0.2, -0.15) is 0 Å². The highest BCUT2D eigenvalue weighted by atomic mass is 16.1. The van der Waals surface area contributed by atoms with Crippen LogP contribution in [0.3, 0.4) is 0 Å². The van der Waals surface area contributed by atoms with Crippen molar-refractivity contribution in [3.63, 3.8) is 0 Å². The van der Waals surface area contributed by atoms with Gasteiger partial charge in [-0.3, -0.25) is 4.79 Å². The molecule has 1 amide bonds. The van der Waals surface area contributed by atoms with Gasteiger partial charge in [0.05, 0.1) is 0 Å². The molecule has 0 aliphatic heterocycles. The number of carbonyl (C=O) groups excluding carboxylic acids is 1. The average molecular weight is 234 g/mol. The summed E-state index contributed by atoms with van der Waals surface area (Å²) in [4.78, 5) is 10.9.